The van der Waals surface area contributed by atoms with Gasteiger partial charge in [-0.2, -0.15) is 5.10 Å². The van der Waals surface area contributed by atoms with E-state index in [9.17, 15) is 14.9 Å². The number of carbonyl (C=O) groups excluding carboxylic acids is 1. The summed E-state index contributed by atoms with van der Waals surface area (Å²) < 4.78 is 5.36. The van der Waals surface area contributed by atoms with E-state index in [1.165, 1.54) is 30.1 Å². The van der Waals surface area contributed by atoms with Crippen LogP contribution >= 0.6 is 11.8 Å². The number of amides is 1. The summed E-state index contributed by atoms with van der Waals surface area (Å²) in [5.41, 5.74) is 5.44. The standard InChI is InChI=1S/C19H22N6O4S/c1-13-9-14(2)22-19(21-13)30-12-18(26)23-20-11-15-10-16(25(27)28)3-4-17(15)24-5-7-29-8-6-24/h3-4,9-11H,5-8,12H2,1-2H3,(H,23,26)/b20-11+. The van der Waals surface area contributed by atoms with Gasteiger partial charge in [-0.3, -0.25) is 14.9 Å². The number of hydrazone groups is 1. The normalized spacial score (nSPS) is 14.1. The minimum Gasteiger partial charge on any atom is -0.378 e. The largest absolute Gasteiger partial charge is 0.378 e. The van der Waals surface area contributed by atoms with Gasteiger partial charge in [-0.05, 0) is 26.0 Å². The lowest BCUT2D eigenvalue weighted by atomic mass is 10.1. The predicted octanol–water partition coefficient (Wildman–Crippen LogP) is 2.08. The summed E-state index contributed by atoms with van der Waals surface area (Å²) in [6, 6.07) is 6.46. The molecule has 0 saturated carbocycles. The number of nitrogens with one attached hydrogen (secondary N) is 1. The lowest BCUT2D eigenvalue weighted by Gasteiger charge is -2.29. The van der Waals surface area contributed by atoms with E-state index in [2.05, 4.69) is 25.4 Å². The summed E-state index contributed by atoms with van der Waals surface area (Å²) in [6.45, 7) is 6.27. The van der Waals surface area contributed by atoms with E-state index in [-0.39, 0.29) is 17.3 Å². The van der Waals surface area contributed by atoms with Crippen LogP contribution in [0.3, 0.4) is 0 Å². The number of morpholine rings is 1. The van der Waals surface area contributed by atoms with Gasteiger partial charge in [0.2, 0.25) is 0 Å². The number of aromatic nitrogens is 2. The van der Waals surface area contributed by atoms with Gasteiger partial charge in [0.25, 0.3) is 11.6 Å². The molecule has 30 heavy (non-hydrogen) atoms. The summed E-state index contributed by atoms with van der Waals surface area (Å²) in [7, 11) is 0. The Bertz CT molecular complexity index is 942. The first-order valence-electron chi connectivity index (χ1n) is 9.30. The van der Waals surface area contributed by atoms with Gasteiger partial charge in [-0.1, -0.05) is 11.8 Å². The Balaban J connectivity index is 1.65. The number of nitro benzene ring substituents is 1. The fourth-order valence-corrected chi connectivity index (χ4v) is 3.69. The molecular formula is C19H22N6O4S. The maximum Gasteiger partial charge on any atom is 0.270 e. The molecule has 11 heteroatoms. The number of hydrogen-bond acceptors (Lipinski definition) is 9. The molecule has 1 N–H and O–H groups in total. The summed E-state index contributed by atoms with van der Waals surface area (Å²) in [5, 5.41) is 15.6. The van der Waals surface area contributed by atoms with Crippen LogP contribution in [0.1, 0.15) is 17.0 Å². The molecule has 158 valence electrons. The summed E-state index contributed by atoms with van der Waals surface area (Å²) in [6.07, 6.45) is 1.42. The molecule has 1 aliphatic rings. The monoisotopic (exact) mass is 430 g/mol. The third-order valence-electron chi connectivity index (χ3n) is 4.26. The van der Waals surface area contributed by atoms with Crippen LogP contribution in [-0.4, -0.2) is 59.1 Å². The first-order valence-corrected chi connectivity index (χ1v) is 10.3. The van der Waals surface area contributed by atoms with Crippen molar-refractivity contribution in [3.63, 3.8) is 0 Å². The maximum atomic E-state index is 12.1. The van der Waals surface area contributed by atoms with Gasteiger partial charge in [0, 0.05) is 47.9 Å². The Kier molecular flexibility index (Phi) is 7.31. The molecule has 0 aliphatic carbocycles. The molecule has 10 nitrogen and oxygen atoms in total. The molecule has 1 aliphatic heterocycles. The Labute approximate surface area is 177 Å². The molecule has 2 heterocycles. The molecule has 2 aromatic rings. The molecule has 1 fully saturated rings. The molecule has 1 saturated heterocycles. The van der Waals surface area contributed by atoms with Crippen molar-refractivity contribution in [3.05, 3.63) is 51.3 Å². The van der Waals surface area contributed by atoms with E-state index in [1.54, 1.807) is 6.07 Å². The van der Waals surface area contributed by atoms with E-state index < -0.39 is 4.92 Å². The van der Waals surface area contributed by atoms with Crippen LogP contribution in [-0.2, 0) is 9.53 Å². The van der Waals surface area contributed by atoms with Crippen LogP contribution in [0.15, 0.2) is 34.5 Å². The SMILES string of the molecule is Cc1cc(C)nc(SCC(=O)N/N=C/c2cc([N+](=O)[O-])ccc2N2CCOCC2)n1. The molecule has 0 unspecified atom stereocenters. The third-order valence-corrected chi connectivity index (χ3v) is 5.11. The van der Waals surface area contributed by atoms with E-state index in [0.29, 0.717) is 37.0 Å². The number of rotatable bonds is 7. The van der Waals surface area contributed by atoms with Crippen LogP contribution in [0.4, 0.5) is 11.4 Å². The number of thioether (sulfide) groups is 1. The average molecular weight is 430 g/mol. The van der Waals surface area contributed by atoms with E-state index in [0.717, 1.165) is 17.1 Å². The van der Waals surface area contributed by atoms with E-state index >= 15 is 0 Å². The Morgan fingerprint density at radius 1 is 1.30 bits per heavy atom. The zero-order valence-corrected chi connectivity index (χ0v) is 17.5. The molecule has 0 radical (unpaired) electrons. The van der Waals surface area contributed by atoms with Crippen molar-refractivity contribution < 1.29 is 14.5 Å². The van der Waals surface area contributed by atoms with Crippen LogP contribution in [0.5, 0.6) is 0 Å². The Morgan fingerprint density at radius 3 is 2.67 bits per heavy atom. The average Bonchev–Trinajstić information content (AvgIpc) is 2.72. The highest BCUT2D eigenvalue weighted by Crippen LogP contribution is 2.25. The second-order valence-electron chi connectivity index (χ2n) is 6.61. The number of carbonyl (C=O) groups is 1. The van der Waals surface area contributed by atoms with Crippen LogP contribution in [0, 0.1) is 24.0 Å². The van der Waals surface area contributed by atoms with Gasteiger partial charge in [0.1, 0.15) is 0 Å². The molecule has 0 bridgehead atoms. The Hall–Kier alpha value is -3.05. The highest BCUT2D eigenvalue weighted by Gasteiger charge is 2.17. The van der Waals surface area contributed by atoms with Crippen molar-refractivity contribution in [2.24, 2.45) is 5.10 Å². The second-order valence-corrected chi connectivity index (χ2v) is 7.56. The van der Waals surface area contributed by atoms with Gasteiger partial charge in [0.05, 0.1) is 30.1 Å². The molecule has 0 atom stereocenters. The van der Waals surface area contributed by atoms with Crippen molar-refractivity contribution in [3.8, 4) is 0 Å². The molecule has 1 amide bonds. The highest BCUT2D eigenvalue weighted by atomic mass is 32.2. The van der Waals surface area contributed by atoms with Gasteiger partial charge >= 0.3 is 0 Å². The number of benzene rings is 1. The number of hydrogen-bond donors (Lipinski definition) is 1. The number of nitro groups is 1. The molecule has 0 spiro atoms. The Morgan fingerprint density at radius 2 is 2.00 bits per heavy atom. The summed E-state index contributed by atoms with van der Waals surface area (Å²) in [4.78, 5) is 33.4. The van der Waals surface area contributed by atoms with Crippen molar-refractivity contribution in [2.75, 3.05) is 37.0 Å². The smallest absolute Gasteiger partial charge is 0.270 e. The highest BCUT2D eigenvalue weighted by molar-refractivity contribution is 7.99. The van der Waals surface area contributed by atoms with E-state index in [4.69, 9.17) is 4.74 Å². The number of aryl methyl sites for hydroxylation is 2. The molecule has 1 aromatic heterocycles. The van der Waals surface area contributed by atoms with Crippen molar-refractivity contribution in [1.29, 1.82) is 0 Å². The van der Waals surface area contributed by atoms with Crippen LogP contribution < -0.4 is 10.3 Å². The first kappa shape index (κ1) is 21.7. The topological polar surface area (TPSA) is 123 Å². The molecular weight excluding hydrogens is 408 g/mol. The summed E-state index contributed by atoms with van der Waals surface area (Å²) >= 11 is 1.22. The van der Waals surface area contributed by atoms with Gasteiger partial charge in [-0.25, -0.2) is 15.4 Å². The first-order chi connectivity index (χ1) is 14.4. The number of anilines is 1. The lowest BCUT2D eigenvalue weighted by molar-refractivity contribution is -0.384. The fraction of sp³-hybridized carbons (Fsp3) is 0.368. The number of ether oxygens (including phenoxy) is 1. The van der Waals surface area contributed by atoms with E-state index in [1.807, 2.05) is 19.9 Å². The number of nitrogens with zero attached hydrogens (tertiary/aromatic N) is 5. The van der Waals surface area contributed by atoms with Crippen molar-refractivity contribution in [2.45, 2.75) is 19.0 Å². The fourth-order valence-electron chi connectivity index (χ4n) is 2.95. The van der Waals surface area contributed by atoms with Crippen molar-refractivity contribution in [1.82, 2.24) is 15.4 Å². The van der Waals surface area contributed by atoms with Gasteiger partial charge < -0.3 is 9.64 Å². The maximum absolute atomic E-state index is 12.1. The van der Waals surface area contributed by atoms with Gasteiger partial charge in [0.15, 0.2) is 5.16 Å². The second kappa shape index (κ2) is 10.1. The van der Waals surface area contributed by atoms with Crippen LogP contribution in [0.25, 0.3) is 0 Å². The van der Waals surface area contributed by atoms with Gasteiger partial charge in [-0.15, -0.1) is 0 Å². The summed E-state index contributed by atoms with van der Waals surface area (Å²) in [5.74, 6) is -0.219. The third kappa shape index (κ3) is 5.97. The number of non-ortho nitro benzene ring substituents is 1. The quantitative estimate of drug-likeness (QED) is 0.233. The predicted molar refractivity (Wildman–Crippen MR) is 114 cm³/mol. The van der Waals surface area contributed by atoms with Crippen molar-refractivity contribution >= 4 is 35.3 Å². The zero-order valence-electron chi connectivity index (χ0n) is 16.7. The minimum atomic E-state index is -0.459. The lowest BCUT2D eigenvalue weighted by Crippen LogP contribution is -2.36. The molecule has 1 aromatic carbocycles. The molecule has 3 rings (SSSR count). The zero-order chi connectivity index (χ0) is 21.5. The van der Waals surface area contributed by atoms with Crippen LogP contribution in [0.2, 0.25) is 0 Å². The minimum absolute atomic E-state index is 0.0395.